The van der Waals surface area contributed by atoms with Gasteiger partial charge in [-0.1, -0.05) is 0 Å². The molecule has 0 atom stereocenters. The number of anilines is 2. The van der Waals surface area contributed by atoms with Crippen molar-refractivity contribution in [3.05, 3.63) is 5.95 Å². The molecule has 17 heavy (non-hydrogen) atoms. The molecule has 5 nitrogen and oxygen atoms in total. The number of ether oxygens (including phenoxy) is 1. The molecule has 0 fully saturated rings. The number of thioether (sulfide) groups is 1. The number of hydrogen-bond donors (Lipinski definition) is 2. The fourth-order valence-electron chi connectivity index (χ4n) is 1.23. The molecule has 0 bridgehead atoms. The van der Waals surface area contributed by atoms with Crippen molar-refractivity contribution >= 4 is 23.5 Å². The van der Waals surface area contributed by atoms with Crippen LogP contribution in [0.25, 0.3) is 0 Å². The molecule has 0 aliphatic carbocycles. The Bertz CT molecular complexity index is 341. The molecule has 7 heteroatoms. The predicted octanol–water partition coefficient (Wildman–Crippen LogP) is 1.76. The van der Waals surface area contributed by atoms with Gasteiger partial charge in [-0.05, 0) is 19.6 Å². The van der Waals surface area contributed by atoms with Gasteiger partial charge in [-0.3, -0.25) is 0 Å². The molecule has 0 radical (unpaired) electrons. The molecular weight excluding hydrogens is 243 g/mol. The summed E-state index contributed by atoms with van der Waals surface area (Å²) in [5.41, 5.74) is 5.61. The van der Waals surface area contributed by atoms with E-state index < -0.39 is 5.95 Å². The highest BCUT2D eigenvalue weighted by Gasteiger charge is 2.10. The molecule has 0 saturated carbocycles. The van der Waals surface area contributed by atoms with E-state index in [-0.39, 0.29) is 16.7 Å². The Morgan fingerprint density at radius 2 is 2.24 bits per heavy atom. The van der Waals surface area contributed by atoms with Gasteiger partial charge in [-0.2, -0.15) is 14.4 Å². The average molecular weight is 260 g/mol. The molecule has 1 heterocycles. The third-order valence-corrected chi connectivity index (χ3v) is 2.79. The van der Waals surface area contributed by atoms with Crippen molar-refractivity contribution in [1.29, 1.82) is 0 Å². The minimum Gasteiger partial charge on any atom is -0.383 e. The van der Waals surface area contributed by atoms with Crippen molar-refractivity contribution in [2.24, 2.45) is 0 Å². The zero-order chi connectivity index (χ0) is 12.7. The minimum atomic E-state index is -0.586. The molecule has 0 spiro atoms. The zero-order valence-corrected chi connectivity index (χ0v) is 10.8. The lowest BCUT2D eigenvalue weighted by molar-refractivity contribution is 0.147. The van der Waals surface area contributed by atoms with Crippen LogP contribution in [0.15, 0.2) is 4.90 Å². The van der Waals surface area contributed by atoms with E-state index in [4.69, 9.17) is 10.5 Å². The Morgan fingerprint density at radius 1 is 1.47 bits per heavy atom. The number of nitrogens with zero attached hydrogens (tertiary/aromatic N) is 2. The summed E-state index contributed by atoms with van der Waals surface area (Å²) < 4.78 is 18.6. The fraction of sp³-hybridized carbons (Fsp3) is 0.600. The third kappa shape index (κ3) is 4.35. The summed E-state index contributed by atoms with van der Waals surface area (Å²) in [4.78, 5) is 7.95. The number of halogens is 1. The van der Waals surface area contributed by atoms with Crippen LogP contribution < -0.4 is 11.1 Å². The van der Waals surface area contributed by atoms with Crippen LogP contribution in [0.3, 0.4) is 0 Å². The van der Waals surface area contributed by atoms with Gasteiger partial charge in [0.25, 0.3) is 0 Å². The molecule has 0 aliphatic heterocycles. The summed E-state index contributed by atoms with van der Waals surface area (Å²) in [5, 5.41) is 2.91. The van der Waals surface area contributed by atoms with E-state index in [2.05, 4.69) is 15.3 Å². The van der Waals surface area contributed by atoms with Gasteiger partial charge in [0.2, 0.25) is 11.9 Å². The SMILES string of the molecule is CCOCCCNc1nc(N)c(SC)c(F)n1. The monoisotopic (exact) mass is 260 g/mol. The van der Waals surface area contributed by atoms with Crippen molar-refractivity contribution in [1.82, 2.24) is 9.97 Å². The number of rotatable bonds is 7. The smallest absolute Gasteiger partial charge is 0.233 e. The normalized spacial score (nSPS) is 10.5. The maximum Gasteiger partial charge on any atom is 0.233 e. The lowest BCUT2D eigenvalue weighted by Crippen LogP contribution is -2.11. The number of nitrogens with one attached hydrogen (secondary N) is 1. The molecule has 1 rings (SSSR count). The number of aromatic nitrogens is 2. The van der Waals surface area contributed by atoms with Crippen LogP contribution in [0.2, 0.25) is 0 Å². The highest BCUT2D eigenvalue weighted by atomic mass is 32.2. The summed E-state index contributed by atoms with van der Waals surface area (Å²) in [7, 11) is 0. The molecule has 1 aromatic rings. The largest absolute Gasteiger partial charge is 0.383 e. The lowest BCUT2D eigenvalue weighted by Gasteiger charge is -2.08. The van der Waals surface area contributed by atoms with Gasteiger partial charge >= 0.3 is 0 Å². The molecule has 0 unspecified atom stereocenters. The summed E-state index contributed by atoms with van der Waals surface area (Å²) in [6.07, 6.45) is 2.54. The van der Waals surface area contributed by atoms with Crippen LogP contribution in [0.4, 0.5) is 16.2 Å². The molecule has 0 amide bonds. The van der Waals surface area contributed by atoms with E-state index in [9.17, 15) is 4.39 Å². The van der Waals surface area contributed by atoms with Crippen molar-refractivity contribution in [3.8, 4) is 0 Å². The van der Waals surface area contributed by atoms with E-state index in [1.165, 1.54) is 11.8 Å². The van der Waals surface area contributed by atoms with Gasteiger partial charge in [0, 0.05) is 19.8 Å². The summed E-state index contributed by atoms with van der Waals surface area (Å²) in [5.74, 6) is -0.205. The van der Waals surface area contributed by atoms with Crippen molar-refractivity contribution in [2.45, 2.75) is 18.2 Å². The van der Waals surface area contributed by atoms with Gasteiger partial charge in [-0.25, -0.2) is 0 Å². The van der Waals surface area contributed by atoms with Crippen LogP contribution >= 0.6 is 11.8 Å². The van der Waals surface area contributed by atoms with Gasteiger partial charge < -0.3 is 15.8 Å². The van der Waals surface area contributed by atoms with Crippen LogP contribution in [-0.4, -0.2) is 36.0 Å². The third-order valence-electron chi connectivity index (χ3n) is 2.01. The topological polar surface area (TPSA) is 73.1 Å². The van der Waals surface area contributed by atoms with Crippen LogP contribution in [0.5, 0.6) is 0 Å². The van der Waals surface area contributed by atoms with Gasteiger partial charge in [0.1, 0.15) is 10.7 Å². The first-order valence-corrected chi connectivity index (χ1v) is 6.60. The molecule has 1 aromatic heterocycles. The molecule has 96 valence electrons. The highest BCUT2D eigenvalue weighted by Crippen LogP contribution is 2.24. The number of hydrogen-bond acceptors (Lipinski definition) is 6. The maximum absolute atomic E-state index is 13.4. The van der Waals surface area contributed by atoms with Crippen LogP contribution in [0.1, 0.15) is 13.3 Å². The first-order valence-electron chi connectivity index (χ1n) is 5.37. The zero-order valence-electron chi connectivity index (χ0n) is 9.99. The quantitative estimate of drug-likeness (QED) is 0.442. The highest BCUT2D eigenvalue weighted by molar-refractivity contribution is 7.98. The molecule has 0 aliphatic rings. The Balaban J connectivity index is 2.49. The maximum atomic E-state index is 13.4. The Kier molecular flexibility index (Phi) is 5.99. The van der Waals surface area contributed by atoms with Gasteiger partial charge in [0.15, 0.2) is 0 Å². The molecule has 0 saturated heterocycles. The summed E-state index contributed by atoms with van der Waals surface area (Å²) in [6.45, 7) is 3.91. The van der Waals surface area contributed by atoms with Crippen molar-refractivity contribution in [3.63, 3.8) is 0 Å². The van der Waals surface area contributed by atoms with E-state index in [1.54, 1.807) is 6.26 Å². The fourth-order valence-corrected chi connectivity index (χ4v) is 1.69. The van der Waals surface area contributed by atoms with Crippen LogP contribution in [0, 0.1) is 5.95 Å². The first-order chi connectivity index (χ1) is 8.19. The Labute approximate surface area is 104 Å². The lowest BCUT2D eigenvalue weighted by atomic mass is 10.4. The standard InChI is InChI=1S/C10H17FN4OS/c1-3-16-6-4-5-13-10-14-8(11)7(17-2)9(12)15-10/h3-6H2,1-2H3,(H3,12,13,14,15). The van der Waals surface area contributed by atoms with Gasteiger partial charge in [0.05, 0.1) is 0 Å². The predicted molar refractivity (Wildman–Crippen MR) is 67.8 cm³/mol. The van der Waals surface area contributed by atoms with Gasteiger partial charge in [-0.15, -0.1) is 11.8 Å². The van der Waals surface area contributed by atoms with Crippen LogP contribution in [-0.2, 0) is 4.74 Å². The van der Waals surface area contributed by atoms with Crippen molar-refractivity contribution in [2.75, 3.05) is 37.1 Å². The molecular formula is C10H17FN4OS. The summed E-state index contributed by atoms with van der Waals surface area (Å²) in [6, 6.07) is 0. The molecule has 3 N–H and O–H groups in total. The molecule has 0 aromatic carbocycles. The second kappa shape index (κ2) is 7.29. The van der Waals surface area contributed by atoms with E-state index in [1.807, 2.05) is 6.92 Å². The van der Waals surface area contributed by atoms with E-state index >= 15 is 0 Å². The number of nitrogen functional groups attached to an aromatic ring is 1. The van der Waals surface area contributed by atoms with Crippen molar-refractivity contribution < 1.29 is 9.13 Å². The first kappa shape index (κ1) is 14.0. The second-order valence-electron chi connectivity index (χ2n) is 3.23. The Morgan fingerprint density at radius 3 is 2.82 bits per heavy atom. The van der Waals surface area contributed by atoms with E-state index in [0.717, 1.165) is 6.42 Å². The summed E-state index contributed by atoms with van der Waals surface area (Å²) >= 11 is 1.19. The average Bonchev–Trinajstić information content (AvgIpc) is 2.28. The Hall–Kier alpha value is -1.08. The second-order valence-corrected chi connectivity index (χ2v) is 4.05. The minimum absolute atomic E-state index is 0.164. The van der Waals surface area contributed by atoms with E-state index in [0.29, 0.717) is 19.8 Å². The number of nitrogens with two attached hydrogens (primary N) is 1.